The van der Waals surface area contributed by atoms with Gasteiger partial charge in [0, 0.05) is 18.7 Å². The van der Waals surface area contributed by atoms with Crippen LogP contribution in [0.25, 0.3) is 22.7 Å². The minimum absolute atomic E-state index is 0.0214. The second kappa shape index (κ2) is 9.37. The van der Waals surface area contributed by atoms with E-state index in [1.807, 2.05) is 30.3 Å². The van der Waals surface area contributed by atoms with Crippen LogP contribution in [0.1, 0.15) is 11.7 Å². The first-order valence-electron chi connectivity index (χ1n) is 10.7. The summed E-state index contributed by atoms with van der Waals surface area (Å²) in [5.41, 5.74) is 2.12. The summed E-state index contributed by atoms with van der Waals surface area (Å²) in [4.78, 5) is 0.207. The lowest BCUT2D eigenvalue weighted by atomic mass is 10.1. The third kappa shape index (κ3) is 4.45. The van der Waals surface area contributed by atoms with Crippen LogP contribution in [0.3, 0.4) is 0 Å². The van der Waals surface area contributed by atoms with E-state index >= 15 is 0 Å². The molecule has 2 aromatic heterocycles. The number of sulfonamides is 1. The van der Waals surface area contributed by atoms with Crippen LogP contribution < -0.4 is 4.74 Å². The summed E-state index contributed by atoms with van der Waals surface area (Å²) in [6.45, 7) is 3.28. The molecular formula is C23H22N4O6S. The van der Waals surface area contributed by atoms with Gasteiger partial charge in [-0.25, -0.2) is 8.42 Å². The van der Waals surface area contributed by atoms with Crippen LogP contribution in [0.2, 0.25) is 0 Å². The van der Waals surface area contributed by atoms with E-state index in [-0.39, 0.29) is 23.3 Å². The molecule has 0 atom stereocenters. The van der Waals surface area contributed by atoms with Crippen LogP contribution in [0, 0.1) is 6.92 Å². The van der Waals surface area contributed by atoms with Crippen LogP contribution in [0.5, 0.6) is 5.75 Å². The molecular weight excluding hydrogens is 460 g/mol. The van der Waals surface area contributed by atoms with Crippen LogP contribution in [0.4, 0.5) is 0 Å². The van der Waals surface area contributed by atoms with E-state index in [4.69, 9.17) is 18.4 Å². The Balaban J connectivity index is 1.27. The van der Waals surface area contributed by atoms with Crippen molar-refractivity contribution in [1.82, 2.24) is 19.7 Å². The van der Waals surface area contributed by atoms with Crippen molar-refractivity contribution in [1.29, 1.82) is 0 Å². The van der Waals surface area contributed by atoms with Gasteiger partial charge < -0.3 is 18.4 Å². The average Bonchev–Trinajstić information content (AvgIpc) is 3.50. The Morgan fingerprint density at radius 3 is 2.47 bits per heavy atom. The lowest BCUT2D eigenvalue weighted by molar-refractivity contribution is 0.0730. The van der Waals surface area contributed by atoms with Crippen LogP contribution in [-0.4, -0.2) is 54.4 Å². The minimum atomic E-state index is -3.56. The van der Waals surface area contributed by atoms with Gasteiger partial charge in [-0.05, 0) is 31.2 Å². The van der Waals surface area contributed by atoms with E-state index in [9.17, 15) is 8.42 Å². The van der Waals surface area contributed by atoms with Crippen molar-refractivity contribution in [2.75, 3.05) is 26.3 Å². The highest BCUT2D eigenvalue weighted by Crippen LogP contribution is 2.33. The fourth-order valence-electron chi connectivity index (χ4n) is 3.62. The summed E-state index contributed by atoms with van der Waals surface area (Å²) in [6, 6.07) is 15.8. The lowest BCUT2D eigenvalue weighted by Crippen LogP contribution is -2.40. The predicted octanol–water partition coefficient (Wildman–Crippen LogP) is 3.30. The summed E-state index contributed by atoms with van der Waals surface area (Å²) in [5.74, 6) is 1.58. The van der Waals surface area contributed by atoms with E-state index < -0.39 is 10.0 Å². The van der Waals surface area contributed by atoms with Gasteiger partial charge in [0.05, 0.1) is 18.1 Å². The predicted molar refractivity (Wildman–Crippen MR) is 120 cm³/mol. The molecule has 0 aliphatic carbocycles. The second-order valence-electron chi connectivity index (χ2n) is 7.61. The molecule has 1 saturated heterocycles. The molecule has 0 unspecified atom stereocenters. The summed E-state index contributed by atoms with van der Waals surface area (Å²) < 4.78 is 49.0. The highest BCUT2D eigenvalue weighted by atomic mass is 32.2. The molecule has 34 heavy (non-hydrogen) atoms. The summed E-state index contributed by atoms with van der Waals surface area (Å²) in [6.07, 6.45) is 0. The Morgan fingerprint density at radius 2 is 1.74 bits per heavy atom. The fraction of sp³-hybridized carbons (Fsp3) is 0.261. The van der Waals surface area contributed by atoms with Gasteiger partial charge in [0.1, 0.15) is 22.8 Å². The van der Waals surface area contributed by atoms with Gasteiger partial charge in [-0.3, -0.25) is 0 Å². The lowest BCUT2D eigenvalue weighted by Gasteiger charge is -2.26. The van der Waals surface area contributed by atoms with Crippen LogP contribution in [0.15, 0.2) is 68.4 Å². The second-order valence-corrected chi connectivity index (χ2v) is 9.54. The van der Waals surface area contributed by atoms with Crippen LogP contribution in [-0.2, 0) is 21.4 Å². The molecule has 4 aromatic rings. The molecule has 0 amide bonds. The quantitative estimate of drug-likeness (QED) is 0.390. The zero-order valence-electron chi connectivity index (χ0n) is 18.4. The summed E-state index contributed by atoms with van der Waals surface area (Å²) >= 11 is 0. The number of hydrogen-bond acceptors (Lipinski definition) is 9. The molecule has 3 heterocycles. The van der Waals surface area contributed by atoms with Gasteiger partial charge in [0.25, 0.3) is 11.8 Å². The average molecular weight is 483 g/mol. The maximum atomic E-state index is 12.7. The molecule has 176 valence electrons. The van der Waals surface area contributed by atoms with E-state index in [0.29, 0.717) is 49.1 Å². The van der Waals surface area contributed by atoms with Gasteiger partial charge in [0.15, 0.2) is 6.61 Å². The van der Waals surface area contributed by atoms with Gasteiger partial charge in [-0.2, -0.15) is 4.31 Å². The Bertz CT molecular complexity index is 1360. The summed E-state index contributed by atoms with van der Waals surface area (Å²) in [5, 5.41) is 12.3. The SMILES string of the molecule is Cc1onc(-c2ccccc2)c1-c1nnc(COc2ccc(S(=O)(=O)N3CCOCC3)cc2)o1. The molecule has 0 saturated carbocycles. The first-order chi connectivity index (χ1) is 16.5. The minimum Gasteiger partial charge on any atom is -0.484 e. The number of hydrogen-bond donors (Lipinski definition) is 0. The number of morpholine rings is 1. The van der Waals surface area contributed by atoms with E-state index in [0.717, 1.165) is 5.56 Å². The number of benzene rings is 2. The molecule has 0 spiro atoms. The zero-order valence-corrected chi connectivity index (χ0v) is 19.2. The van der Waals surface area contributed by atoms with Crippen molar-refractivity contribution in [2.45, 2.75) is 18.4 Å². The Kier molecular flexibility index (Phi) is 6.14. The third-order valence-corrected chi connectivity index (χ3v) is 7.30. The highest BCUT2D eigenvalue weighted by Gasteiger charge is 2.26. The standard InChI is InChI=1S/C23H22N4O6S/c1-16-21(22(26-33-16)17-5-3-2-4-6-17)23-25-24-20(32-23)15-31-18-7-9-19(10-8-18)34(28,29)27-11-13-30-14-12-27/h2-10H,11-15H2,1H3. The van der Waals surface area contributed by atoms with E-state index in [1.165, 1.54) is 16.4 Å². The first kappa shape index (κ1) is 22.3. The van der Waals surface area contributed by atoms with Crippen molar-refractivity contribution < 1.29 is 26.8 Å². The van der Waals surface area contributed by atoms with E-state index in [1.54, 1.807) is 19.1 Å². The summed E-state index contributed by atoms with van der Waals surface area (Å²) in [7, 11) is -3.56. The Hall–Kier alpha value is -3.54. The van der Waals surface area contributed by atoms with Crippen molar-refractivity contribution in [3.63, 3.8) is 0 Å². The topological polar surface area (TPSA) is 121 Å². The van der Waals surface area contributed by atoms with Gasteiger partial charge in [-0.15, -0.1) is 10.2 Å². The normalized spacial score (nSPS) is 14.9. The van der Waals surface area contributed by atoms with Crippen molar-refractivity contribution in [2.24, 2.45) is 0 Å². The molecule has 10 nitrogen and oxygen atoms in total. The number of rotatable bonds is 7. The Morgan fingerprint density at radius 1 is 1.00 bits per heavy atom. The number of aryl methyl sites for hydroxylation is 1. The molecule has 0 radical (unpaired) electrons. The molecule has 5 rings (SSSR count). The van der Waals surface area contributed by atoms with Gasteiger partial charge in [-0.1, -0.05) is 35.5 Å². The molecule has 0 N–H and O–H groups in total. The molecule has 1 fully saturated rings. The fourth-order valence-corrected chi connectivity index (χ4v) is 5.03. The first-order valence-corrected chi connectivity index (χ1v) is 12.1. The molecule has 1 aliphatic rings. The maximum Gasteiger partial charge on any atom is 0.254 e. The maximum absolute atomic E-state index is 12.7. The number of nitrogens with zero attached hydrogens (tertiary/aromatic N) is 4. The van der Waals surface area contributed by atoms with Crippen LogP contribution >= 0.6 is 0 Å². The molecule has 0 bridgehead atoms. The Labute approximate surface area is 196 Å². The largest absolute Gasteiger partial charge is 0.484 e. The van der Waals surface area contributed by atoms with Gasteiger partial charge >= 0.3 is 0 Å². The molecule has 11 heteroatoms. The van der Waals surface area contributed by atoms with E-state index in [2.05, 4.69) is 15.4 Å². The van der Waals surface area contributed by atoms with Crippen molar-refractivity contribution in [3.8, 4) is 28.5 Å². The zero-order chi connectivity index (χ0) is 23.5. The van der Waals surface area contributed by atoms with Gasteiger partial charge in [0.2, 0.25) is 10.0 Å². The smallest absolute Gasteiger partial charge is 0.254 e. The monoisotopic (exact) mass is 482 g/mol. The highest BCUT2D eigenvalue weighted by molar-refractivity contribution is 7.89. The number of ether oxygens (including phenoxy) is 2. The molecule has 1 aliphatic heterocycles. The van der Waals surface area contributed by atoms with Crippen molar-refractivity contribution in [3.05, 3.63) is 66.2 Å². The third-order valence-electron chi connectivity index (χ3n) is 5.38. The number of aromatic nitrogens is 3. The molecule has 2 aromatic carbocycles. The van der Waals surface area contributed by atoms with Crippen molar-refractivity contribution >= 4 is 10.0 Å².